The van der Waals surface area contributed by atoms with Gasteiger partial charge in [-0.05, 0) is 74.7 Å². The zero-order valence-corrected chi connectivity index (χ0v) is 22.5. The highest BCUT2D eigenvalue weighted by atomic mass is 32.2. The number of sulfonamides is 1. The van der Waals surface area contributed by atoms with Gasteiger partial charge in [0.25, 0.3) is 0 Å². The minimum absolute atomic E-state index is 0.00641. The van der Waals surface area contributed by atoms with Crippen molar-refractivity contribution < 1.29 is 43.9 Å². The largest absolute Gasteiger partial charge is 0.433 e. The molecule has 3 aromatic rings. The molecule has 0 saturated carbocycles. The van der Waals surface area contributed by atoms with Gasteiger partial charge in [-0.1, -0.05) is 0 Å². The van der Waals surface area contributed by atoms with Crippen LogP contribution in [0.5, 0.6) is 0 Å². The van der Waals surface area contributed by atoms with E-state index in [0.29, 0.717) is 12.3 Å². The summed E-state index contributed by atoms with van der Waals surface area (Å²) in [6.07, 6.45) is -5.87. The van der Waals surface area contributed by atoms with Gasteiger partial charge in [0, 0.05) is 36.6 Å². The van der Waals surface area contributed by atoms with Crippen LogP contribution < -0.4 is 5.32 Å². The van der Waals surface area contributed by atoms with E-state index in [2.05, 4.69) is 15.3 Å². The number of rotatable bonds is 6. The number of pyridine rings is 2. The third-order valence-corrected chi connectivity index (χ3v) is 8.42. The average molecular weight is 607 g/mol. The lowest BCUT2D eigenvalue weighted by atomic mass is 10.1. The summed E-state index contributed by atoms with van der Waals surface area (Å²) in [5, 5.41) is 2.11. The number of nitrogens with one attached hydrogen (secondary N) is 1. The van der Waals surface area contributed by atoms with Crippen molar-refractivity contribution in [1.29, 1.82) is 0 Å². The maximum atomic E-state index is 12.9. The van der Waals surface area contributed by atoms with Crippen molar-refractivity contribution in [3.05, 3.63) is 77.5 Å². The van der Waals surface area contributed by atoms with Gasteiger partial charge in [-0.3, -0.25) is 14.8 Å². The highest BCUT2D eigenvalue weighted by Crippen LogP contribution is 2.34. The van der Waals surface area contributed by atoms with Crippen LogP contribution in [0.25, 0.3) is 11.3 Å². The molecule has 0 unspecified atom stereocenters. The highest BCUT2D eigenvalue weighted by molar-refractivity contribution is 7.89. The first kappa shape index (κ1) is 31.9. The Bertz CT molecular complexity index is 1440. The van der Waals surface area contributed by atoms with E-state index in [9.17, 15) is 43.9 Å². The van der Waals surface area contributed by atoms with E-state index in [1.807, 2.05) is 13.8 Å². The zero-order valence-electron chi connectivity index (χ0n) is 21.7. The summed E-state index contributed by atoms with van der Waals surface area (Å²) >= 11 is 0. The number of hydrogen-bond donors (Lipinski definition) is 1. The Labute approximate surface area is 231 Å². The van der Waals surface area contributed by atoms with Crippen LogP contribution in [0, 0.1) is 5.82 Å². The molecule has 1 fully saturated rings. The van der Waals surface area contributed by atoms with Crippen molar-refractivity contribution in [2.45, 2.75) is 62.6 Å². The second-order valence-electron chi connectivity index (χ2n) is 9.22. The van der Waals surface area contributed by atoms with Crippen LogP contribution in [0.4, 0.5) is 30.7 Å². The number of hydrogen-bond acceptors (Lipinski definition) is 5. The number of alkyl halides is 6. The van der Waals surface area contributed by atoms with Crippen molar-refractivity contribution >= 4 is 16.4 Å². The quantitative estimate of drug-likeness (QED) is 0.282. The molecule has 0 bridgehead atoms. The van der Waals surface area contributed by atoms with Gasteiger partial charge in [-0.2, -0.15) is 30.6 Å². The molecule has 4 rings (SSSR count). The number of carbonyl (C=O) groups is 1. The van der Waals surface area contributed by atoms with E-state index in [1.54, 1.807) is 0 Å². The van der Waals surface area contributed by atoms with Gasteiger partial charge in [0.15, 0.2) is 0 Å². The summed E-state index contributed by atoms with van der Waals surface area (Å²) in [7, 11) is -3.49. The molecular weight excluding hydrogens is 581 g/mol. The molecule has 41 heavy (non-hydrogen) atoms. The topological polar surface area (TPSA) is 92.3 Å². The van der Waals surface area contributed by atoms with E-state index < -0.39 is 46.0 Å². The van der Waals surface area contributed by atoms with Crippen molar-refractivity contribution in [2.24, 2.45) is 0 Å². The fourth-order valence-corrected chi connectivity index (χ4v) is 6.18. The Balaban J connectivity index is 0.000000239. The van der Waals surface area contributed by atoms with Crippen LogP contribution in [0.2, 0.25) is 0 Å². The molecule has 1 aliphatic rings. The molecule has 15 heteroatoms. The van der Waals surface area contributed by atoms with Gasteiger partial charge in [-0.25, -0.2) is 12.8 Å². The summed E-state index contributed by atoms with van der Waals surface area (Å²) in [5.74, 6) is -0.425. The van der Waals surface area contributed by atoms with Gasteiger partial charge in [0.2, 0.25) is 16.4 Å². The number of nitrogens with zero attached hydrogens (tertiary/aromatic N) is 3. The van der Waals surface area contributed by atoms with Crippen LogP contribution in [0.1, 0.15) is 43.5 Å². The molecule has 1 aliphatic heterocycles. The minimum Gasteiger partial charge on any atom is -0.355 e. The number of amides is 1. The molecule has 2 aromatic heterocycles. The molecule has 1 N–H and O–H groups in total. The second-order valence-corrected chi connectivity index (χ2v) is 11.1. The van der Waals surface area contributed by atoms with Gasteiger partial charge < -0.3 is 5.32 Å². The maximum absolute atomic E-state index is 12.9. The average Bonchev–Trinajstić information content (AvgIpc) is 3.25. The Morgan fingerprint density at radius 2 is 1.54 bits per heavy atom. The standard InChI is InChI=1S/C14H9F6N3O.C12H16FNO2S/c15-13(16,17)10-6-22-11(3-9(10)4-21-7-24)8-1-2-12(23-5-8)14(18,19)20;1-9-3-4-10(2)14(9)17(15,16)12-7-5-11(13)6-8-12/h1-3,5-7H,4H2,(H,21,24);5-10H,3-4H2,1-2H3/t;9-,10+. The SMILES string of the molecule is C[C@@H]1CC[C@H](C)N1S(=O)(=O)c1ccc(F)cc1.O=CNCc1cc(-c2ccc(C(F)(F)F)nc2)ncc1C(F)(F)F. The van der Waals surface area contributed by atoms with E-state index in [4.69, 9.17) is 0 Å². The van der Waals surface area contributed by atoms with E-state index >= 15 is 0 Å². The summed E-state index contributed by atoms with van der Waals surface area (Å²) in [4.78, 5) is 17.3. The Morgan fingerprint density at radius 1 is 0.927 bits per heavy atom. The molecule has 0 aliphatic carbocycles. The summed E-state index contributed by atoms with van der Waals surface area (Å²) in [6, 6.07) is 7.84. The Kier molecular flexibility index (Phi) is 9.74. The molecule has 0 spiro atoms. The third kappa shape index (κ3) is 7.79. The second kappa shape index (κ2) is 12.5. The van der Waals surface area contributed by atoms with Gasteiger partial charge in [-0.15, -0.1) is 0 Å². The lowest BCUT2D eigenvalue weighted by Crippen LogP contribution is -2.38. The number of benzene rings is 1. The fraction of sp³-hybridized carbons (Fsp3) is 0.346. The normalized spacial score (nSPS) is 18.0. The number of halogens is 7. The van der Waals surface area contributed by atoms with Crippen molar-refractivity contribution in [2.75, 3.05) is 0 Å². The molecule has 2 atom stereocenters. The summed E-state index contributed by atoms with van der Waals surface area (Å²) in [6.45, 7) is 3.41. The van der Waals surface area contributed by atoms with Gasteiger partial charge in [0.1, 0.15) is 11.5 Å². The van der Waals surface area contributed by atoms with Gasteiger partial charge >= 0.3 is 12.4 Å². The van der Waals surface area contributed by atoms with Crippen LogP contribution in [0.3, 0.4) is 0 Å². The number of aromatic nitrogens is 2. The van der Waals surface area contributed by atoms with Gasteiger partial charge in [0.05, 0.1) is 16.2 Å². The highest BCUT2D eigenvalue weighted by Gasteiger charge is 2.38. The Morgan fingerprint density at radius 3 is 2.02 bits per heavy atom. The van der Waals surface area contributed by atoms with Crippen LogP contribution in [-0.4, -0.2) is 41.2 Å². The molecule has 1 aromatic carbocycles. The minimum atomic E-state index is -4.68. The van der Waals surface area contributed by atoms with Crippen molar-refractivity contribution in [3.63, 3.8) is 0 Å². The molecule has 222 valence electrons. The van der Waals surface area contributed by atoms with Crippen molar-refractivity contribution in [3.8, 4) is 11.3 Å². The predicted octanol–water partition coefficient (Wildman–Crippen LogP) is 5.81. The van der Waals surface area contributed by atoms with E-state index in [1.165, 1.54) is 28.6 Å². The number of carbonyl (C=O) groups excluding carboxylic acids is 1. The van der Waals surface area contributed by atoms with E-state index in [-0.39, 0.29) is 40.2 Å². The van der Waals surface area contributed by atoms with Crippen molar-refractivity contribution in [1.82, 2.24) is 19.6 Å². The van der Waals surface area contributed by atoms with Crippen LogP contribution in [-0.2, 0) is 33.7 Å². The lowest BCUT2D eigenvalue weighted by molar-refractivity contribution is -0.141. The van der Waals surface area contributed by atoms with Crippen LogP contribution in [0.15, 0.2) is 59.8 Å². The first-order chi connectivity index (χ1) is 19.1. The monoisotopic (exact) mass is 606 g/mol. The molecular formula is C26H25F7N4O3S. The predicted molar refractivity (Wildman–Crippen MR) is 134 cm³/mol. The summed E-state index contributed by atoms with van der Waals surface area (Å²) in [5.41, 5.74) is -2.31. The first-order valence-corrected chi connectivity index (χ1v) is 13.6. The third-order valence-electron chi connectivity index (χ3n) is 6.28. The lowest BCUT2D eigenvalue weighted by Gasteiger charge is -2.25. The molecule has 7 nitrogen and oxygen atoms in total. The molecule has 1 amide bonds. The van der Waals surface area contributed by atoms with E-state index in [0.717, 1.165) is 31.2 Å². The Hall–Kier alpha value is -3.59. The molecule has 3 heterocycles. The first-order valence-electron chi connectivity index (χ1n) is 12.1. The molecule has 1 saturated heterocycles. The van der Waals surface area contributed by atoms with Crippen LogP contribution >= 0.6 is 0 Å². The fourth-order valence-electron chi connectivity index (χ4n) is 4.29. The smallest absolute Gasteiger partial charge is 0.355 e. The molecule has 0 radical (unpaired) electrons. The zero-order chi connectivity index (χ0) is 30.6. The maximum Gasteiger partial charge on any atom is 0.433 e. The summed E-state index contributed by atoms with van der Waals surface area (Å²) < 4.78 is 115.